The molecule has 1 heterocycles. The number of hydrogen-bond donors (Lipinski definition) is 1. The Morgan fingerprint density at radius 3 is 2.35 bits per heavy atom. The van der Waals surface area contributed by atoms with E-state index in [0.717, 1.165) is 6.54 Å². The lowest BCUT2D eigenvalue weighted by molar-refractivity contribution is 0.138. The van der Waals surface area contributed by atoms with Crippen LogP contribution in [0.3, 0.4) is 0 Å². The third-order valence-electron chi connectivity index (χ3n) is 5.14. The number of nitrogens with zero attached hydrogens (tertiary/aromatic N) is 3. The van der Waals surface area contributed by atoms with E-state index in [1.807, 2.05) is 20.2 Å². The number of anilines is 2. The van der Waals surface area contributed by atoms with Gasteiger partial charge in [0.05, 0.1) is 53.3 Å². The number of nitrogens with one attached hydrogen (secondary N) is 1. The Kier molecular flexibility index (Phi) is 7.98. The highest BCUT2D eigenvalue weighted by Crippen LogP contribution is 2.40. The number of fused-ring (bicyclic) bond motifs is 1. The summed E-state index contributed by atoms with van der Waals surface area (Å²) < 4.78 is 17.1. The monoisotopic (exact) mass is 502 g/mol. The highest BCUT2D eigenvalue weighted by molar-refractivity contribution is 6.37. The van der Waals surface area contributed by atoms with Crippen molar-refractivity contribution in [3.05, 3.63) is 46.1 Å². The molecule has 1 aromatic heterocycles. The molecule has 0 amide bonds. The summed E-state index contributed by atoms with van der Waals surface area (Å²) in [4.78, 5) is 6.59. The van der Waals surface area contributed by atoms with Gasteiger partial charge in [0.25, 0.3) is 0 Å². The van der Waals surface area contributed by atoms with E-state index in [2.05, 4.69) is 35.1 Å². The van der Waals surface area contributed by atoms with E-state index in [1.165, 1.54) is 13.3 Å². The lowest BCUT2D eigenvalue weighted by Crippen LogP contribution is -2.33. The first-order valence-corrected chi connectivity index (χ1v) is 11.3. The SMILES string of the molecule is COc1cc(Nc2c(C#N)cnc3cc(OCC(C)(C)CN(C)C)c(OC)cc23)c(Cl)cc1Cl. The van der Waals surface area contributed by atoms with Crippen molar-refractivity contribution in [3.63, 3.8) is 0 Å². The van der Waals surface area contributed by atoms with Gasteiger partial charge in [0.1, 0.15) is 11.8 Å². The standard InChI is InChI=1S/C25H28Cl2N4O3/c1-25(2,13-31(3)4)14-34-23-9-19-16(7-22(23)33-6)24(15(11-28)12-29-19)30-20-10-21(32-5)18(27)8-17(20)26/h7-10,12H,13-14H2,1-6H3,(H,29,30). The van der Waals surface area contributed by atoms with Crippen LogP contribution in [0, 0.1) is 16.7 Å². The Hall–Kier alpha value is -2.92. The summed E-state index contributed by atoms with van der Waals surface area (Å²) in [5.74, 6) is 1.57. The van der Waals surface area contributed by atoms with Crippen LogP contribution in [0.15, 0.2) is 30.5 Å². The molecule has 1 N–H and O–H groups in total. The van der Waals surface area contributed by atoms with Crippen molar-refractivity contribution in [1.82, 2.24) is 9.88 Å². The van der Waals surface area contributed by atoms with Gasteiger partial charge >= 0.3 is 0 Å². The second kappa shape index (κ2) is 10.6. The summed E-state index contributed by atoms with van der Waals surface area (Å²) in [6, 6.07) is 9.07. The topological polar surface area (TPSA) is 79.6 Å². The molecule has 3 aromatic rings. The van der Waals surface area contributed by atoms with Crippen LogP contribution in [-0.4, -0.2) is 51.4 Å². The second-order valence-electron chi connectivity index (χ2n) is 8.96. The van der Waals surface area contributed by atoms with Gasteiger partial charge < -0.3 is 24.4 Å². The molecule has 34 heavy (non-hydrogen) atoms. The molecule has 180 valence electrons. The minimum Gasteiger partial charge on any atom is -0.495 e. The van der Waals surface area contributed by atoms with Gasteiger partial charge in [-0.05, 0) is 26.2 Å². The van der Waals surface area contributed by atoms with Crippen LogP contribution in [0.1, 0.15) is 19.4 Å². The average molecular weight is 503 g/mol. The molecule has 3 rings (SSSR count). The molecule has 0 fully saturated rings. The van der Waals surface area contributed by atoms with Crippen molar-refractivity contribution >= 4 is 45.5 Å². The molecule has 0 bridgehead atoms. The molecule has 9 heteroatoms. The first-order valence-electron chi connectivity index (χ1n) is 10.6. The molecule has 0 atom stereocenters. The molecule has 0 unspecified atom stereocenters. The van der Waals surface area contributed by atoms with Crippen molar-refractivity contribution in [2.24, 2.45) is 5.41 Å². The first kappa shape index (κ1) is 25.7. The number of ether oxygens (including phenoxy) is 3. The zero-order valence-electron chi connectivity index (χ0n) is 20.1. The van der Waals surface area contributed by atoms with E-state index < -0.39 is 0 Å². The van der Waals surface area contributed by atoms with Crippen LogP contribution in [0.25, 0.3) is 10.9 Å². The van der Waals surface area contributed by atoms with Crippen LogP contribution in [0.2, 0.25) is 10.0 Å². The quantitative estimate of drug-likeness (QED) is 0.376. The zero-order valence-corrected chi connectivity index (χ0v) is 21.6. The first-order chi connectivity index (χ1) is 16.1. The van der Waals surface area contributed by atoms with Gasteiger partial charge in [0.2, 0.25) is 0 Å². The van der Waals surface area contributed by atoms with E-state index in [0.29, 0.717) is 61.7 Å². The third-order valence-corrected chi connectivity index (χ3v) is 5.75. The Bertz CT molecular complexity index is 1240. The van der Waals surface area contributed by atoms with Crippen LogP contribution < -0.4 is 19.5 Å². The van der Waals surface area contributed by atoms with Crippen molar-refractivity contribution in [1.29, 1.82) is 5.26 Å². The third kappa shape index (κ3) is 5.76. The van der Waals surface area contributed by atoms with Gasteiger partial charge in [0, 0.05) is 35.7 Å². The molecule has 0 radical (unpaired) electrons. The fraction of sp³-hybridized carbons (Fsp3) is 0.360. The lowest BCUT2D eigenvalue weighted by Gasteiger charge is -2.28. The summed E-state index contributed by atoms with van der Waals surface area (Å²) in [5.41, 5.74) is 1.99. The van der Waals surface area contributed by atoms with Crippen molar-refractivity contribution < 1.29 is 14.2 Å². The Morgan fingerprint density at radius 2 is 1.74 bits per heavy atom. The van der Waals surface area contributed by atoms with E-state index in [1.54, 1.807) is 25.3 Å². The normalized spacial score (nSPS) is 11.4. The molecule has 0 aliphatic heterocycles. The summed E-state index contributed by atoms with van der Waals surface area (Å²) in [6.45, 7) is 5.65. The molecule has 0 spiro atoms. The van der Waals surface area contributed by atoms with Crippen molar-refractivity contribution in [2.45, 2.75) is 13.8 Å². The number of nitriles is 1. The Labute approximate surface area is 210 Å². The molecular formula is C25H28Cl2N4O3. The highest BCUT2D eigenvalue weighted by atomic mass is 35.5. The number of hydrogen-bond acceptors (Lipinski definition) is 7. The van der Waals surface area contributed by atoms with Gasteiger partial charge in [-0.2, -0.15) is 5.26 Å². The van der Waals surface area contributed by atoms with Gasteiger partial charge in [-0.25, -0.2) is 0 Å². The van der Waals surface area contributed by atoms with Crippen LogP contribution in [-0.2, 0) is 0 Å². The number of benzene rings is 2. The molecule has 0 saturated heterocycles. The van der Waals surface area contributed by atoms with Crippen LogP contribution >= 0.6 is 23.2 Å². The number of pyridine rings is 1. The second-order valence-corrected chi connectivity index (χ2v) is 9.78. The van der Waals surface area contributed by atoms with Crippen molar-refractivity contribution in [3.8, 4) is 23.3 Å². The molecule has 0 saturated carbocycles. The number of halogens is 2. The summed E-state index contributed by atoms with van der Waals surface area (Å²) in [6.07, 6.45) is 1.51. The minimum absolute atomic E-state index is 0.0708. The fourth-order valence-electron chi connectivity index (χ4n) is 3.78. The average Bonchev–Trinajstić information content (AvgIpc) is 2.78. The molecular weight excluding hydrogens is 475 g/mol. The fourth-order valence-corrected chi connectivity index (χ4v) is 4.29. The molecule has 7 nitrogen and oxygen atoms in total. The lowest BCUT2D eigenvalue weighted by atomic mass is 9.94. The predicted molar refractivity (Wildman–Crippen MR) is 137 cm³/mol. The smallest absolute Gasteiger partial charge is 0.163 e. The number of rotatable bonds is 9. The van der Waals surface area contributed by atoms with Gasteiger partial charge in [-0.3, -0.25) is 4.98 Å². The van der Waals surface area contributed by atoms with E-state index in [-0.39, 0.29) is 5.41 Å². The Morgan fingerprint density at radius 1 is 1.03 bits per heavy atom. The number of methoxy groups -OCH3 is 2. The maximum Gasteiger partial charge on any atom is 0.163 e. The van der Waals surface area contributed by atoms with E-state index in [4.69, 9.17) is 37.4 Å². The summed E-state index contributed by atoms with van der Waals surface area (Å²) in [7, 11) is 7.17. The van der Waals surface area contributed by atoms with Crippen LogP contribution in [0.4, 0.5) is 11.4 Å². The largest absolute Gasteiger partial charge is 0.495 e. The Balaban J connectivity index is 2.06. The predicted octanol–water partition coefficient (Wildman–Crippen LogP) is 6.14. The van der Waals surface area contributed by atoms with Gasteiger partial charge in [0.15, 0.2) is 11.5 Å². The van der Waals surface area contributed by atoms with E-state index >= 15 is 0 Å². The van der Waals surface area contributed by atoms with E-state index in [9.17, 15) is 5.26 Å². The highest BCUT2D eigenvalue weighted by Gasteiger charge is 2.22. The van der Waals surface area contributed by atoms with Gasteiger partial charge in [-0.1, -0.05) is 37.0 Å². The molecule has 0 aliphatic rings. The van der Waals surface area contributed by atoms with Gasteiger partial charge in [-0.15, -0.1) is 0 Å². The van der Waals surface area contributed by atoms with Crippen molar-refractivity contribution in [2.75, 3.05) is 46.8 Å². The zero-order chi connectivity index (χ0) is 25.0. The minimum atomic E-state index is -0.0708. The summed E-state index contributed by atoms with van der Waals surface area (Å²) in [5, 5.41) is 14.4. The molecule has 2 aromatic carbocycles. The summed E-state index contributed by atoms with van der Waals surface area (Å²) >= 11 is 12.6. The van der Waals surface area contributed by atoms with Crippen LogP contribution in [0.5, 0.6) is 17.2 Å². The molecule has 0 aliphatic carbocycles. The maximum atomic E-state index is 9.73. The maximum absolute atomic E-state index is 9.73. The number of aromatic nitrogens is 1.